The number of hydrogen-bond acceptors (Lipinski definition) is 7. The van der Waals surface area contributed by atoms with Gasteiger partial charge in [-0.2, -0.15) is 8.78 Å². The molecule has 2 aromatic carbocycles. The van der Waals surface area contributed by atoms with Gasteiger partial charge in [-0.25, -0.2) is 0 Å². The topological polar surface area (TPSA) is 86.5 Å². The second kappa shape index (κ2) is 13.9. The smallest absolute Gasteiger partial charge is 0.387 e. The molecule has 1 heterocycles. The van der Waals surface area contributed by atoms with Crippen molar-refractivity contribution in [2.24, 2.45) is 9.98 Å². The van der Waals surface area contributed by atoms with Gasteiger partial charge in [0, 0.05) is 61.1 Å². The number of hydrogen-bond donors (Lipinski definition) is 2. The van der Waals surface area contributed by atoms with Crippen LogP contribution in [0.2, 0.25) is 0 Å². The number of carbonyl (C=O) groups excluding carboxylic acids is 1. The Hall–Kier alpha value is -4.51. The quantitative estimate of drug-likeness (QED) is 0.177. The number of nitrogens with zero attached hydrogens (tertiary/aromatic N) is 5. The number of carbonyl (C=O) groups is 1. The second-order valence-electron chi connectivity index (χ2n) is 10.2. The molecule has 9 nitrogen and oxygen atoms in total. The highest BCUT2D eigenvalue weighted by Gasteiger charge is 2.26. The summed E-state index contributed by atoms with van der Waals surface area (Å²) in [6.45, 7) is 5.33. The highest BCUT2D eigenvalue weighted by atomic mass is 19.3. The van der Waals surface area contributed by atoms with Crippen LogP contribution in [-0.2, 0) is 4.79 Å². The van der Waals surface area contributed by atoms with E-state index in [1.165, 1.54) is 6.07 Å². The Morgan fingerprint density at radius 1 is 1.19 bits per heavy atom. The van der Waals surface area contributed by atoms with Crippen LogP contribution in [0.25, 0.3) is 10.9 Å². The maximum atomic E-state index is 13.5. The molecule has 222 valence electrons. The van der Waals surface area contributed by atoms with E-state index in [1.54, 1.807) is 18.3 Å². The molecule has 1 amide bonds. The van der Waals surface area contributed by atoms with Crippen LogP contribution in [0.4, 0.5) is 25.8 Å². The summed E-state index contributed by atoms with van der Waals surface area (Å²) in [7, 11) is 5.69. The summed E-state index contributed by atoms with van der Waals surface area (Å²) in [6.07, 6.45) is 8.84. The van der Waals surface area contributed by atoms with Gasteiger partial charge in [0.15, 0.2) is 5.75 Å². The van der Waals surface area contributed by atoms with Gasteiger partial charge in [-0.1, -0.05) is 24.8 Å². The molecular weight excluding hydrogens is 540 g/mol. The number of anilines is 3. The van der Waals surface area contributed by atoms with Crippen LogP contribution in [0.15, 0.2) is 77.5 Å². The number of halogens is 2. The average Bonchev–Trinajstić information content (AvgIpc) is 3.74. The molecule has 0 radical (unpaired) electrons. The first-order valence-corrected chi connectivity index (χ1v) is 13.6. The molecule has 1 saturated carbocycles. The van der Waals surface area contributed by atoms with Gasteiger partial charge < -0.3 is 29.7 Å². The fourth-order valence-corrected chi connectivity index (χ4v) is 4.60. The van der Waals surface area contributed by atoms with Crippen molar-refractivity contribution >= 4 is 46.3 Å². The van der Waals surface area contributed by atoms with E-state index in [0.717, 1.165) is 35.4 Å². The molecule has 3 aromatic rings. The molecular formula is C31H37F2N7O2. The third kappa shape index (κ3) is 7.61. The van der Waals surface area contributed by atoms with Crippen molar-refractivity contribution in [3.63, 3.8) is 0 Å². The highest BCUT2D eigenvalue weighted by Crippen LogP contribution is 2.40. The van der Waals surface area contributed by atoms with Crippen LogP contribution in [0.3, 0.4) is 0 Å². The van der Waals surface area contributed by atoms with Crippen molar-refractivity contribution in [2.75, 3.05) is 56.4 Å². The predicted octanol–water partition coefficient (Wildman–Crippen LogP) is 5.77. The number of para-hydroxylation sites is 1. The van der Waals surface area contributed by atoms with Gasteiger partial charge in [-0.3, -0.25) is 14.8 Å². The van der Waals surface area contributed by atoms with Crippen molar-refractivity contribution in [3.05, 3.63) is 73.1 Å². The lowest BCUT2D eigenvalue weighted by molar-refractivity contribution is -0.111. The number of alkyl halides is 2. The van der Waals surface area contributed by atoms with Gasteiger partial charge >= 0.3 is 6.61 Å². The van der Waals surface area contributed by atoms with Crippen molar-refractivity contribution in [3.8, 4) is 5.75 Å². The lowest BCUT2D eigenvalue weighted by atomic mass is 10.1. The normalized spacial score (nSPS) is 13.6. The summed E-state index contributed by atoms with van der Waals surface area (Å²) in [5, 5.41) is 6.93. The highest BCUT2D eigenvalue weighted by molar-refractivity contribution is 6.16. The lowest BCUT2D eigenvalue weighted by Crippen LogP contribution is -2.29. The third-order valence-corrected chi connectivity index (χ3v) is 6.86. The van der Waals surface area contributed by atoms with Crippen molar-refractivity contribution < 1.29 is 18.3 Å². The zero-order valence-corrected chi connectivity index (χ0v) is 24.2. The maximum Gasteiger partial charge on any atom is 0.387 e. The minimum absolute atomic E-state index is 0.0318. The zero-order chi connectivity index (χ0) is 30.2. The minimum atomic E-state index is -3.05. The Balaban J connectivity index is 1.69. The summed E-state index contributed by atoms with van der Waals surface area (Å²) >= 11 is 0. The number of aromatic nitrogens is 1. The van der Waals surface area contributed by atoms with Crippen LogP contribution in [0.1, 0.15) is 24.4 Å². The van der Waals surface area contributed by atoms with Gasteiger partial charge in [-0.15, -0.1) is 0 Å². The SMILES string of the molecule is C=CC(=O)Nc1cc(NCN=C(/C=C\N=C)c2cn(C3CC3)c3ccccc23)c(OC(F)F)cc1N(C)CCN(C)C. The monoisotopic (exact) mass is 577 g/mol. The van der Waals surface area contributed by atoms with Gasteiger partial charge in [0.1, 0.15) is 6.67 Å². The number of ether oxygens (including phenoxy) is 1. The van der Waals surface area contributed by atoms with Crippen LogP contribution in [0.5, 0.6) is 5.75 Å². The minimum Gasteiger partial charge on any atom is -0.433 e. The Bertz CT molecular complexity index is 1490. The maximum absolute atomic E-state index is 13.5. The standard InChI is InChI=1S/C31H37F2N7O2/c1-6-30(41)37-25-17-26(29(42-31(32)33)18-28(25)39(5)16-15-38(3)4)36-20-35-24(13-14-34-2)23-19-40(21-11-12-21)27-10-8-7-9-22(23)27/h6-10,13-14,17-19,21,31,36H,1-2,11-12,15-16,20H2,3-5H3,(H,37,41)/b14-13-,35-24?. The van der Waals surface area contributed by atoms with E-state index in [2.05, 4.69) is 51.8 Å². The predicted molar refractivity (Wildman–Crippen MR) is 168 cm³/mol. The molecule has 0 spiro atoms. The van der Waals surface area contributed by atoms with Gasteiger partial charge in [0.25, 0.3) is 0 Å². The fraction of sp³-hybridized carbons (Fsp3) is 0.323. The number of aliphatic imine (C=N–C) groups is 2. The van der Waals surface area contributed by atoms with Crippen LogP contribution < -0.4 is 20.3 Å². The summed E-state index contributed by atoms with van der Waals surface area (Å²) in [5.41, 5.74) is 3.89. The summed E-state index contributed by atoms with van der Waals surface area (Å²) in [6, 6.07) is 11.7. The molecule has 0 bridgehead atoms. The van der Waals surface area contributed by atoms with Crippen molar-refractivity contribution in [1.82, 2.24) is 9.47 Å². The molecule has 2 N–H and O–H groups in total. The number of amides is 1. The Kier molecular flexibility index (Phi) is 10.1. The summed E-state index contributed by atoms with van der Waals surface area (Å²) in [4.78, 5) is 24.7. The fourth-order valence-electron chi connectivity index (χ4n) is 4.60. The van der Waals surface area contributed by atoms with E-state index in [9.17, 15) is 13.6 Å². The molecule has 11 heteroatoms. The summed E-state index contributed by atoms with van der Waals surface area (Å²) < 4.78 is 34.1. The van der Waals surface area contributed by atoms with Crippen LogP contribution >= 0.6 is 0 Å². The zero-order valence-electron chi connectivity index (χ0n) is 24.2. The largest absolute Gasteiger partial charge is 0.433 e. The molecule has 1 fully saturated rings. The average molecular weight is 578 g/mol. The van der Waals surface area contributed by atoms with E-state index in [-0.39, 0.29) is 18.1 Å². The number of benzene rings is 2. The number of fused-ring (bicyclic) bond motifs is 1. The van der Waals surface area contributed by atoms with Gasteiger partial charge in [0.2, 0.25) is 5.91 Å². The number of nitrogens with one attached hydrogen (secondary N) is 2. The first-order valence-electron chi connectivity index (χ1n) is 13.6. The first kappa shape index (κ1) is 30.4. The van der Waals surface area contributed by atoms with Gasteiger partial charge in [0.05, 0.1) is 22.8 Å². The number of rotatable bonds is 15. The number of likely N-dealkylation sites (N-methyl/N-ethyl adjacent to an activating group) is 2. The van der Waals surface area contributed by atoms with Gasteiger partial charge in [-0.05, 0) is 57.9 Å². The Morgan fingerprint density at radius 3 is 2.62 bits per heavy atom. The summed E-state index contributed by atoms with van der Waals surface area (Å²) in [5.74, 6) is -0.501. The van der Waals surface area contributed by atoms with E-state index < -0.39 is 12.5 Å². The van der Waals surface area contributed by atoms with E-state index in [4.69, 9.17) is 9.73 Å². The van der Waals surface area contributed by atoms with Crippen molar-refractivity contribution in [1.29, 1.82) is 0 Å². The molecule has 4 rings (SSSR count). The van der Waals surface area contributed by atoms with Crippen LogP contribution in [-0.4, -0.2) is 75.3 Å². The van der Waals surface area contributed by atoms with E-state index in [0.29, 0.717) is 36.2 Å². The molecule has 0 atom stereocenters. The lowest BCUT2D eigenvalue weighted by Gasteiger charge is -2.26. The second-order valence-corrected chi connectivity index (χ2v) is 10.2. The molecule has 0 saturated heterocycles. The molecule has 1 aliphatic carbocycles. The van der Waals surface area contributed by atoms with E-state index >= 15 is 0 Å². The first-order chi connectivity index (χ1) is 20.2. The molecule has 1 aliphatic rings. The molecule has 42 heavy (non-hydrogen) atoms. The van der Waals surface area contributed by atoms with Crippen LogP contribution in [0, 0.1) is 0 Å². The third-order valence-electron chi connectivity index (χ3n) is 6.86. The Labute approximate surface area is 244 Å². The molecule has 1 aromatic heterocycles. The molecule has 0 unspecified atom stereocenters. The van der Waals surface area contributed by atoms with Crippen molar-refractivity contribution in [2.45, 2.75) is 25.5 Å². The van der Waals surface area contributed by atoms with E-state index in [1.807, 2.05) is 43.1 Å². The Morgan fingerprint density at radius 2 is 1.95 bits per heavy atom. The molecule has 0 aliphatic heterocycles. The number of allylic oxidation sites excluding steroid dienone is 1.